The Labute approximate surface area is 210 Å². The Kier molecular flexibility index (Phi) is 6.69. The average molecular weight is 481 g/mol. The Morgan fingerprint density at radius 1 is 0.543 bits per heavy atom. The van der Waals surface area contributed by atoms with Gasteiger partial charge in [-0.25, -0.2) is 0 Å². The summed E-state index contributed by atoms with van der Waals surface area (Å²) in [4.78, 5) is 1.96. The van der Waals surface area contributed by atoms with Crippen molar-refractivity contribution in [2.45, 2.75) is 32.0 Å². The molecule has 2 aromatic heterocycles. The molecule has 5 rings (SSSR count). The molecule has 0 aliphatic heterocycles. The lowest BCUT2D eigenvalue weighted by Gasteiger charge is -2.15. The minimum atomic E-state index is -0.831. The number of aliphatic hydroxyl groups is 2. The first-order valence-corrected chi connectivity index (χ1v) is 12.5. The van der Waals surface area contributed by atoms with Crippen LogP contribution in [0.25, 0.3) is 0 Å². The summed E-state index contributed by atoms with van der Waals surface area (Å²) >= 11 is 1.58. The first-order chi connectivity index (χ1) is 17.0. The van der Waals surface area contributed by atoms with Crippen molar-refractivity contribution in [1.29, 1.82) is 0 Å². The van der Waals surface area contributed by atoms with Crippen molar-refractivity contribution < 1.29 is 14.6 Å². The second-order valence-electron chi connectivity index (χ2n) is 8.95. The molecule has 4 heteroatoms. The fourth-order valence-electron chi connectivity index (χ4n) is 4.28. The van der Waals surface area contributed by atoms with E-state index in [1.54, 1.807) is 11.3 Å². The van der Waals surface area contributed by atoms with E-state index in [-0.39, 0.29) is 5.92 Å². The number of benzene rings is 3. The maximum atomic E-state index is 11.0. The lowest BCUT2D eigenvalue weighted by Crippen LogP contribution is -2.01. The van der Waals surface area contributed by atoms with Crippen molar-refractivity contribution in [3.8, 4) is 0 Å². The summed E-state index contributed by atoms with van der Waals surface area (Å²) in [5.74, 6) is 1.14. The molecule has 0 radical (unpaired) electrons. The first kappa shape index (κ1) is 23.3. The van der Waals surface area contributed by atoms with Gasteiger partial charge < -0.3 is 14.6 Å². The van der Waals surface area contributed by atoms with Crippen LogP contribution < -0.4 is 0 Å². The molecule has 0 spiro atoms. The van der Waals surface area contributed by atoms with E-state index >= 15 is 0 Å². The molecule has 0 amide bonds. The summed E-state index contributed by atoms with van der Waals surface area (Å²) in [6, 6.07) is 33.9. The molecule has 0 saturated carbocycles. The molecule has 3 atom stereocenters. The minimum Gasteiger partial charge on any atom is -0.462 e. The van der Waals surface area contributed by atoms with Crippen LogP contribution in [0.5, 0.6) is 0 Å². The van der Waals surface area contributed by atoms with E-state index in [4.69, 9.17) is 4.42 Å². The number of furan rings is 1. The molecule has 2 heterocycles. The Hall–Kier alpha value is -3.44. The molecule has 0 fully saturated rings. The lowest BCUT2D eigenvalue weighted by atomic mass is 9.95. The Bertz CT molecular complexity index is 1290. The summed E-state index contributed by atoms with van der Waals surface area (Å²) in [7, 11) is 0. The summed E-state index contributed by atoms with van der Waals surface area (Å²) in [5.41, 5.74) is 5.08. The molecule has 0 aliphatic carbocycles. The van der Waals surface area contributed by atoms with Gasteiger partial charge in [-0.05, 0) is 54.8 Å². The molecule has 35 heavy (non-hydrogen) atoms. The number of aliphatic hydroxyl groups excluding tert-OH is 2. The fourth-order valence-corrected chi connectivity index (χ4v) is 5.44. The van der Waals surface area contributed by atoms with Crippen molar-refractivity contribution in [3.63, 3.8) is 0 Å². The maximum absolute atomic E-state index is 11.0. The van der Waals surface area contributed by atoms with Crippen LogP contribution >= 0.6 is 11.3 Å². The van der Waals surface area contributed by atoms with E-state index < -0.39 is 12.2 Å². The van der Waals surface area contributed by atoms with Gasteiger partial charge in [0.15, 0.2) is 0 Å². The Morgan fingerprint density at radius 2 is 1.09 bits per heavy atom. The van der Waals surface area contributed by atoms with Crippen molar-refractivity contribution in [3.05, 3.63) is 152 Å². The van der Waals surface area contributed by atoms with Crippen LogP contribution in [0.4, 0.5) is 0 Å². The van der Waals surface area contributed by atoms with Crippen LogP contribution in [-0.4, -0.2) is 10.2 Å². The van der Waals surface area contributed by atoms with Crippen molar-refractivity contribution in [1.82, 2.24) is 0 Å². The highest BCUT2D eigenvalue weighted by Gasteiger charge is 2.25. The topological polar surface area (TPSA) is 53.6 Å². The third-order valence-corrected chi connectivity index (χ3v) is 7.52. The second-order valence-corrected chi connectivity index (χ2v) is 10.1. The van der Waals surface area contributed by atoms with Crippen LogP contribution in [0.2, 0.25) is 0 Å². The maximum Gasteiger partial charge on any atom is 0.137 e. The number of hydrogen-bond acceptors (Lipinski definition) is 4. The van der Waals surface area contributed by atoms with Gasteiger partial charge in [0.25, 0.3) is 0 Å². The number of aryl methyl sites for hydroxylation is 2. The van der Waals surface area contributed by atoms with Gasteiger partial charge in [-0.3, -0.25) is 0 Å². The monoisotopic (exact) mass is 480 g/mol. The summed E-state index contributed by atoms with van der Waals surface area (Å²) in [6.45, 7) is 4.06. The van der Waals surface area contributed by atoms with Gasteiger partial charge in [-0.1, -0.05) is 90.0 Å². The standard InChI is InChI=1S/C31H28O3S/c1-20-8-12-23(13-9-20)30(32)26-17-16-25(34-26)29(22-6-4-3-5-7-22)27-18-19-28(35-27)31(33)24-14-10-21(2)11-15-24/h3-19,29-33H,1-2H3. The molecule has 5 aromatic rings. The van der Waals surface area contributed by atoms with Gasteiger partial charge in [0.1, 0.15) is 23.7 Å². The van der Waals surface area contributed by atoms with Crippen LogP contribution in [0.1, 0.15) is 67.2 Å². The third kappa shape index (κ3) is 5.01. The smallest absolute Gasteiger partial charge is 0.137 e. The molecular formula is C31H28O3S. The van der Waals surface area contributed by atoms with Gasteiger partial charge in [0.05, 0.1) is 5.92 Å². The summed E-state index contributed by atoms with van der Waals surface area (Å²) in [6.07, 6.45) is -1.51. The van der Waals surface area contributed by atoms with Crippen LogP contribution in [0.15, 0.2) is 108 Å². The molecule has 3 unspecified atom stereocenters. The molecule has 0 saturated heterocycles. The Morgan fingerprint density at radius 3 is 1.71 bits per heavy atom. The second kappa shape index (κ2) is 10.0. The molecule has 3 aromatic carbocycles. The lowest BCUT2D eigenvalue weighted by molar-refractivity contribution is 0.186. The SMILES string of the molecule is Cc1ccc(C(O)c2ccc(C(c3ccccc3)c3ccc(C(O)c4ccc(C)cc4)s3)o2)cc1. The zero-order valence-corrected chi connectivity index (χ0v) is 20.6. The van der Waals surface area contributed by atoms with Gasteiger partial charge >= 0.3 is 0 Å². The molecule has 176 valence electrons. The zero-order valence-electron chi connectivity index (χ0n) is 19.8. The van der Waals surface area contributed by atoms with Crippen molar-refractivity contribution in [2.75, 3.05) is 0 Å². The van der Waals surface area contributed by atoms with E-state index in [1.165, 1.54) is 5.56 Å². The highest BCUT2D eigenvalue weighted by Crippen LogP contribution is 2.40. The predicted octanol–water partition coefficient (Wildman–Crippen LogP) is 7.30. The largest absolute Gasteiger partial charge is 0.462 e. The van der Waals surface area contributed by atoms with Gasteiger partial charge in [0, 0.05) is 9.75 Å². The first-order valence-electron chi connectivity index (χ1n) is 11.7. The average Bonchev–Trinajstić information content (AvgIpc) is 3.56. The van der Waals surface area contributed by atoms with E-state index in [9.17, 15) is 10.2 Å². The molecule has 0 aliphatic rings. The number of thiophene rings is 1. The van der Waals surface area contributed by atoms with E-state index in [0.29, 0.717) is 5.76 Å². The molecule has 0 bridgehead atoms. The van der Waals surface area contributed by atoms with Crippen molar-refractivity contribution >= 4 is 11.3 Å². The Balaban J connectivity index is 1.48. The van der Waals surface area contributed by atoms with E-state index in [2.05, 4.69) is 18.2 Å². The number of hydrogen-bond donors (Lipinski definition) is 2. The molecule has 3 nitrogen and oxygen atoms in total. The highest BCUT2D eigenvalue weighted by molar-refractivity contribution is 7.12. The summed E-state index contributed by atoms with van der Waals surface area (Å²) in [5, 5.41) is 21.9. The third-order valence-electron chi connectivity index (χ3n) is 6.32. The van der Waals surface area contributed by atoms with E-state index in [1.807, 2.05) is 98.8 Å². The van der Waals surface area contributed by atoms with Crippen molar-refractivity contribution in [2.24, 2.45) is 0 Å². The molecular weight excluding hydrogens is 452 g/mol. The van der Waals surface area contributed by atoms with Gasteiger partial charge in [-0.2, -0.15) is 0 Å². The van der Waals surface area contributed by atoms with Gasteiger partial charge in [-0.15, -0.1) is 11.3 Å². The van der Waals surface area contributed by atoms with Crippen LogP contribution in [0, 0.1) is 13.8 Å². The van der Waals surface area contributed by atoms with E-state index in [0.717, 1.165) is 37.8 Å². The van der Waals surface area contributed by atoms with Crippen LogP contribution in [0.3, 0.4) is 0 Å². The van der Waals surface area contributed by atoms with Crippen LogP contribution in [-0.2, 0) is 0 Å². The van der Waals surface area contributed by atoms with Gasteiger partial charge in [0.2, 0.25) is 0 Å². The fraction of sp³-hybridized carbons (Fsp3) is 0.161. The number of rotatable bonds is 7. The quantitative estimate of drug-likeness (QED) is 0.257. The normalized spacial score (nSPS) is 13.9. The minimum absolute atomic E-state index is 0.140. The zero-order chi connectivity index (χ0) is 24.4. The summed E-state index contributed by atoms with van der Waals surface area (Å²) < 4.78 is 6.26. The highest BCUT2D eigenvalue weighted by atomic mass is 32.1. The predicted molar refractivity (Wildman–Crippen MR) is 141 cm³/mol. The molecule has 2 N–H and O–H groups in total.